The van der Waals surface area contributed by atoms with E-state index in [1.54, 1.807) is 7.11 Å². The zero-order chi connectivity index (χ0) is 13.1. The van der Waals surface area contributed by atoms with Crippen LogP contribution in [0.2, 0.25) is 0 Å². The molecule has 18 heavy (non-hydrogen) atoms. The van der Waals surface area contributed by atoms with Crippen LogP contribution < -0.4 is 0 Å². The number of aromatic nitrogens is 2. The van der Waals surface area contributed by atoms with E-state index in [1.165, 1.54) is 23.0 Å². The third-order valence-electron chi connectivity index (χ3n) is 3.50. The molecule has 0 aliphatic heterocycles. The van der Waals surface area contributed by atoms with E-state index < -0.39 is 0 Å². The first kappa shape index (κ1) is 14.0. The Kier molecular flexibility index (Phi) is 4.81. The van der Waals surface area contributed by atoms with Crippen molar-refractivity contribution in [2.24, 2.45) is 7.05 Å². The quantitative estimate of drug-likeness (QED) is 0.773. The number of methoxy groups -OCH3 is 1. The molecule has 0 spiro atoms. The van der Waals surface area contributed by atoms with Crippen molar-refractivity contribution < 1.29 is 4.74 Å². The smallest absolute Gasteiger partial charge is 0.0767 e. The molecule has 1 aromatic rings. The van der Waals surface area contributed by atoms with Crippen molar-refractivity contribution in [3.63, 3.8) is 0 Å². The van der Waals surface area contributed by atoms with E-state index >= 15 is 0 Å². The third-order valence-corrected chi connectivity index (χ3v) is 4.42. The lowest BCUT2D eigenvalue weighted by Gasteiger charge is -2.21. The fourth-order valence-electron chi connectivity index (χ4n) is 2.22. The summed E-state index contributed by atoms with van der Waals surface area (Å²) in [6, 6.07) is 0.743. The van der Waals surface area contributed by atoms with Gasteiger partial charge in [0, 0.05) is 33.3 Å². The Morgan fingerprint density at radius 1 is 1.50 bits per heavy atom. The van der Waals surface area contributed by atoms with Crippen LogP contribution in [0.25, 0.3) is 0 Å². The van der Waals surface area contributed by atoms with Crippen molar-refractivity contribution in [1.82, 2.24) is 14.7 Å². The van der Waals surface area contributed by atoms with E-state index in [-0.39, 0.29) is 0 Å². The van der Waals surface area contributed by atoms with Gasteiger partial charge in [-0.2, -0.15) is 5.10 Å². The van der Waals surface area contributed by atoms with Gasteiger partial charge in [0.15, 0.2) is 0 Å². The Labute approximate surface area is 117 Å². The van der Waals surface area contributed by atoms with Gasteiger partial charge in [0.1, 0.15) is 0 Å². The molecule has 5 heteroatoms. The van der Waals surface area contributed by atoms with E-state index in [4.69, 9.17) is 4.74 Å². The van der Waals surface area contributed by atoms with E-state index in [9.17, 15) is 0 Å². The van der Waals surface area contributed by atoms with Crippen molar-refractivity contribution in [3.05, 3.63) is 15.9 Å². The van der Waals surface area contributed by atoms with Crippen LogP contribution in [0.3, 0.4) is 0 Å². The molecular formula is C13H22BrN3O. The second-order valence-corrected chi connectivity index (χ2v) is 5.67. The molecule has 0 aromatic carbocycles. The van der Waals surface area contributed by atoms with Gasteiger partial charge >= 0.3 is 0 Å². The predicted octanol–water partition coefficient (Wildman–Crippen LogP) is 2.36. The van der Waals surface area contributed by atoms with Gasteiger partial charge in [0.05, 0.1) is 22.5 Å². The van der Waals surface area contributed by atoms with Crippen LogP contribution in [-0.4, -0.2) is 41.0 Å². The summed E-state index contributed by atoms with van der Waals surface area (Å²) in [4.78, 5) is 2.50. The summed E-state index contributed by atoms with van der Waals surface area (Å²) in [6.07, 6.45) is 3.61. The SMILES string of the molecule is CCc1nn(C)c(CN(CCOC)C2CC2)c1Br. The van der Waals surface area contributed by atoms with Gasteiger partial charge in [-0.15, -0.1) is 0 Å². The van der Waals surface area contributed by atoms with Crippen LogP contribution in [0, 0.1) is 0 Å². The average Bonchev–Trinajstić information content (AvgIpc) is 3.15. The number of ether oxygens (including phenoxy) is 1. The number of halogens is 1. The Morgan fingerprint density at radius 3 is 2.72 bits per heavy atom. The molecule has 1 aromatic heterocycles. The summed E-state index contributed by atoms with van der Waals surface area (Å²) >= 11 is 3.69. The molecule has 1 heterocycles. The molecule has 2 rings (SSSR count). The minimum atomic E-state index is 0.743. The Balaban J connectivity index is 2.08. The van der Waals surface area contributed by atoms with Gasteiger partial charge in [0.25, 0.3) is 0 Å². The highest BCUT2D eigenvalue weighted by Gasteiger charge is 2.30. The number of hydrogen-bond donors (Lipinski definition) is 0. The molecule has 0 amide bonds. The fraction of sp³-hybridized carbons (Fsp3) is 0.769. The lowest BCUT2D eigenvalue weighted by Crippen LogP contribution is -2.30. The Hall–Kier alpha value is -0.390. The van der Waals surface area contributed by atoms with Gasteiger partial charge in [0.2, 0.25) is 0 Å². The molecule has 0 bridgehead atoms. The molecular weight excluding hydrogens is 294 g/mol. The van der Waals surface area contributed by atoms with Gasteiger partial charge in [-0.05, 0) is 35.2 Å². The third kappa shape index (κ3) is 3.13. The molecule has 102 valence electrons. The van der Waals surface area contributed by atoms with Crippen molar-refractivity contribution in [2.75, 3.05) is 20.3 Å². The van der Waals surface area contributed by atoms with E-state index in [0.29, 0.717) is 0 Å². The van der Waals surface area contributed by atoms with Crippen LogP contribution in [0.4, 0.5) is 0 Å². The summed E-state index contributed by atoms with van der Waals surface area (Å²) in [5.41, 5.74) is 2.42. The molecule has 1 aliphatic rings. The fourth-order valence-corrected chi connectivity index (χ4v) is 2.96. The second kappa shape index (κ2) is 6.17. The highest BCUT2D eigenvalue weighted by molar-refractivity contribution is 9.10. The largest absolute Gasteiger partial charge is 0.383 e. The zero-order valence-corrected chi connectivity index (χ0v) is 13.0. The summed E-state index contributed by atoms with van der Waals surface area (Å²) in [6.45, 7) is 4.89. The van der Waals surface area contributed by atoms with Crippen molar-refractivity contribution in [1.29, 1.82) is 0 Å². The molecule has 0 N–H and O–H groups in total. The van der Waals surface area contributed by atoms with Crippen LogP contribution in [0.1, 0.15) is 31.2 Å². The predicted molar refractivity (Wildman–Crippen MR) is 75.6 cm³/mol. The minimum Gasteiger partial charge on any atom is -0.383 e. The Bertz CT molecular complexity index is 401. The highest BCUT2D eigenvalue weighted by Crippen LogP contribution is 2.30. The van der Waals surface area contributed by atoms with Crippen LogP contribution in [-0.2, 0) is 24.8 Å². The molecule has 0 atom stereocenters. The van der Waals surface area contributed by atoms with Crippen molar-refractivity contribution in [2.45, 2.75) is 38.8 Å². The molecule has 0 saturated heterocycles. The maximum Gasteiger partial charge on any atom is 0.0767 e. The molecule has 1 saturated carbocycles. The van der Waals surface area contributed by atoms with E-state index in [2.05, 4.69) is 32.9 Å². The zero-order valence-electron chi connectivity index (χ0n) is 11.4. The topological polar surface area (TPSA) is 30.3 Å². The second-order valence-electron chi connectivity index (χ2n) is 4.88. The van der Waals surface area contributed by atoms with Crippen LogP contribution >= 0.6 is 15.9 Å². The molecule has 0 radical (unpaired) electrons. The lowest BCUT2D eigenvalue weighted by molar-refractivity contribution is 0.138. The Morgan fingerprint density at radius 2 is 2.22 bits per heavy atom. The lowest BCUT2D eigenvalue weighted by atomic mass is 10.3. The summed E-state index contributed by atoms with van der Waals surface area (Å²) < 4.78 is 8.38. The molecule has 4 nitrogen and oxygen atoms in total. The number of nitrogens with zero attached hydrogens (tertiary/aromatic N) is 3. The van der Waals surface area contributed by atoms with E-state index in [0.717, 1.165) is 37.9 Å². The summed E-state index contributed by atoms with van der Waals surface area (Å²) in [5.74, 6) is 0. The van der Waals surface area contributed by atoms with Gasteiger partial charge in [-0.25, -0.2) is 0 Å². The van der Waals surface area contributed by atoms with Crippen LogP contribution in [0.5, 0.6) is 0 Å². The number of hydrogen-bond acceptors (Lipinski definition) is 3. The van der Waals surface area contributed by atoms with Gasteiger partial charge < -0.3 is 4.74 Å². The normalized spacial score (nSPS) is 15.6. The van der Waals surface area contributed by atoms with Crippen molar-refractivity contribution in [3.8, 4) is 0 Å². The summed E-state index contributed by atoms with van der Waals surface area (Å²) in [7, 11) is 3.79. The van der Waals surface area contributed by atoms with Gasteiger partial charge in [-0.3, -0.25) is 9.58 Å². The highest BCUT2D eigenvalue weighted by atomic mass is 79.9. The van der Waals surface area contributed by atoms with Crippen molar-refractivity contribution >= 4 is 15.9 Å². The van der Waals surface area contributed by atoms with Gasteiger partial charge in [-0.1, -0.05) is 6.92 Å². The molecule has 1 aliphatic carbocycles. The molecule has 0 unspecified atom stereocenters. The van der Waals surface area contributed by atoms with Crippen LogP contribution in [0.15, 0.2) is 4.47 Å². The first-order valence-electron chi connectivity index (χ1n) is 6.60. The number of rotatable bonds is 7. The number of aryl methyl sites for hydroxylation is 2. The van der Waals surface area contributed by atoms with E-state index in [1.807, 2.05) is 11.7 Å². The minimum absolute atomic E-state index is 0.743. The molecule has 1 fully saturated rings. The first-order chi connectivity index (χ1) is 8.67. The maximum absolute atomic E-state index is 5.20. The summed E-state index contributed by atoms with van der Waals surface area (Å²) in [5, 5.41) is 4.55. The average molecular weight is 316 g/mol. The standard InChI is InChI=1S/C13H22BrN3O/c1-4-11-13(14)12(16(2)15-11)9-17(7-8-18-3)10-5-6-10/h10H,4-9H2,1-3H3. The first-order valence-corrected chi connectivity index (χ1v) is 7.39. The monoisotopic (exact) mass is 315 g/mol. The maximum atomic E-state index is 5.20.